The van der Waals surface area contributed by atoms with Crippen LogP contribution in [-0.2, 0) is 9.47 Å². The van der Waals surface area contributed by atoms with Crippen LogP contribution in [0.1, 0.15) is 37.8 Å². The van der Waals surface area contributed by atoms with Crippen LogP contribution in [0.2, 0.25) is 0 Å². The fourth-order valence-corrected chi connectivity index (χ4v) is 4.11. The maximum Gasteiger partial charge on any atom is 0.419 e. The Labute approximate surface area is 200 Å². The molecule has 1 aliphatic carbocycles. The van der Waals surface area contributed by atoms with Crippen molar-refractivity contribution in [2.24, 2.45) is 0 Å². The normalized spacial score (nSPS) is 12.4. The zero-order valence-electron chi connectivity index (χ0n) is 19.8. The molecule has 0 fully saturated rings. The minimum atomic E-state index is -0.730. The van der Waals surface area contributed by atoms with Crippen LogP contribution >= 0.6 is 0 Å². The van der Waals surface area contributed by atoms with Crippen LogP contribution in [0.25, 0.3) is 11.1 Å². The van der Waals surface area contributed by atoms with Crippen molar-refractivity contribution < 1.29 is 19.1 Å². The molecule has 0 saturated carbocycles. The number of rotatable bonds is 6. The number of nitrogens with zero attached hydrogens (tertiary/aromatic N) is 1. The highest BCUT2D eigenvalue weighted by Crippen LogP contribution is 2.44. The van der Waals surface area contributed by atoms with E-state index in [9.17, 15) is 9.59 Å². The Hall–Kier alpha value is -3.80. The number of hydrogen-bond donors (Lipinski definition) is 1. The van der Waals surface area contributed by atoms with E-state index in [-0.39, 0.29) is 19.1 Å². The maximum absolute atomic E-state index is 13.1. The zero-order valence-corrected chi connectivity index (χ0v) is 19.8. The number of carbonyl (C=O) groups excluding carboxylic acids is 2. The summed E-state index contributed by atoms with van der Waals surface area (Å²) in [6, 6.07) is 25.9. The molecule has 1 aliphatic rings. The Bertz CT molecular complexity index is 1110. The summed E-state index contributed by atoms with van der Waals surface area (Å²) in [7, 11) is 0. The van der Waals surface area contributed by atoms with Crippen LogP contribution in [-0.4, -0.2) is 42.4 Å². The van der Waals surface area contributed by atoms with Crippen molar-refractivity contribution in [1.82, 2.24) is 4.90 Å². The van der Waals surface area contributed by atoms with Gasteiger partial charge in [0.05, 0.1) is 6.54 Å². The molecule has 0 aromatic heterocycles. The molecule has 0 saturated heterocycles. The fourth-order valence-electron chi connectivity index (χ4n) is 4.11. The average Bonchev–Trinajstić information content (AvgIpc) is 3.13. The first-order valence-corrected chi connectivity index (χ1v) is 11.5. The predicted octanol–water partition coefficient (Wildman–Crippen LogP) is 6.28. The van der Waals surface area contributed by atoms with Gasteiger partial charge in [-0.05, 0) is 55.2 Å². The van der Waals surface area contributed by atoms with E-state index in [0.29, 0.717) is 6.54 Å². The Kier molecular flexibility index (Phi) is 6.87. The number of amides is 2. The summed E-state index contributed by atoms with van der Waals surface area (Å²) in [5, 5.41) is 3.21. The Morgan fingerprint density at radius 3 is 1.97 bits per heavy atom. The molecule has 34 heavy (non-hydrogen) atoms. The van der Waals surface area contributed by atoms with Crippen LogP contribution in [0, 0.1) is 0 Å². The lowest BCUT2D eigenvalue weighted by atomic mass is 9.98. The molecular weight excluding hydrogens is 428 g/mol. The summed E-state index contributed by atoms with van der Waals surface area (Å²) in [6.45, 7) is 5.92. The monoisotopic (exact) mass is 458 g/mol. The molecule has 0 atom stereocenters. The van der Waals surface area contributed by atoms with Gasteiger partial charge in [-0.2, -0.15) is 0 Å². The van der Waals surface area contributed by atoms with Gasteiger partial charge in [-0.25, -0.2) is 14.5 Å². The first kappa shape index (κ1) is 23.4. The van der Waals surface area contributed by atoms with Gasteiger partial charge in [0.1, 0.15) is 12.2 Å². The van der Waals surface area contributed by atoms with Crippen molar-refractivity contribution in [3.05, 3.63) is 90.0 Å². The van der Waals surface area contributed by atoms with E-state index in [1.807, 2.05) is 54.6 Å². The number of anilines is 1. The third-order valence-electron chi connectivity index (χ3n) is 5.61. The minimum absolute atomic E-state index is 0.0840. The summed E-state index contributed by atoms with van der Waals surface area (Å²) >= 11 is 0. The fraction of sp³-hybridized carbons (Fsp3) is 0.286. The standard InChI is InChI=1S/C28H30N2O4/c1-28(2,3)34-27(32)30(18-17-29-20-11-5-4-6-12-20)26(31)33-19-25-23-15-9-7-13-21(23)22-14-8-10-16-24(22)25/h4-16,25,29H,17-19H2,1-3H3. The highest BCUT2D eigenvalue weighted by Gasteiger charge is 2.32. The zero-order chi connectivity index (χ0) is 24.1. The van der Waals surface area contributed by atoms with Crippen LogP contribution in [0.5, 0.6) is 0 Å². The molecule has 0 unspecified atom stereocenters. The molecule has 4 rings (SSSR count). The second kappa shape index (κ2) is 10.00. The number of para-hydroxylation sites is 1. The van der Waals surface area contributed by atoms with Crippen molar-refractivity contribution in [2.75, 3.05) is 25.0 Å². The number of nitrogens with one attached hydrogen (secondary N) is 1. The molecule has 176 valence electrons. The first-order valence-electron chi connectivity index (χ1n) is 11.5. The number of ether oxygens (including phenoxy) is 2. The van der Waals surface area contributed by atoms with Crippen LogP contribution < -0.4 is 5.32 Å². The van der Waals surface area contributed by atoms with Gasteiger partial charge in [-0.3, -0.25) is 0 Å². The second-order valence-electron chi connectivity index (χ2n) is 9.23. The van der Waals surface area contributed by atoms with Gasteiger partial charge in [-0.15, -0.1) is 0 Å². The van der Waals surface area contributed by atoms with Crippen molar-refractivity contribution in [2.45, 2.75) is 32.3 Å². The molecule has 0 bridgehead atoms. The molecular formula is C28H30N2O4. The molecule has 0 aliphatic heterocycles. The van der Waals surface area contributed by atoms with E-state index < -0.39 is 17.8 Å². The van der Waals surface area contributed by atoms with Gasteiger partial charge < -0.3 is 14.8 Å². The van der Waals surface area contributed by atoms with Crippen LogP contribution in [0.15, 0.2) is 78.9 Å². The van der Waals surface area contributed by atoms with Crippen molar-refractivity contribution in [3.8, 4) is 11.1 Å². The van der Waals surface area contributed by atoms with Gasteiger partial charge in [0.2, 0.25) is 0 Å². The predicted molar refractivity (Wildman–Crippen MR) is 133 cm³/mol. The SMILES string of the molecule is CC(C)(C)OC(=O)N(CCNc1ccccc1)C(=O)OCC1c2ccccc2-c2ccccc21. The molecule has 2 amide bonds. The topological polar surface area (TPSA) is 67.9 Å². The molecule has 0 radical (unpaired) electrons. The Morgan fingerprint density at radius 2 is 1.38 bits per heavy atom. The van der Waals surface area contributed by atoms with Gasteiger partial charge >= 0.3 is 12.2 Å². The lowest BCUT2D eigenvalue weighted by Crippen LogP contribution is -2.43. The number of benzene rings is 3. The largest absolute Gasteiger partial charge is 0.448 e. The van der Waals surface area contributed by atoms with E-state index >= 15 is 0 Å². The van der Waals surface area contributed by atoms with Crippen LogP contribution in [0.4, 0.5) is 15.3 Å². The minimum Gasteiger partial charge on any atom is -0.448 e. The molecule has 6 nitrogen and oxygen atoms in total. The molecule has 0 spiro atoms. The lowest BCUT2D eigenvalue weighted by Gasteiger charge is -2.26. The molecule has 1 N–H and O–H groups in total. The average molecular weight is 459 g/mol. The number of imide groups is 1. The summed E-state index contributed by atoms with van der Waals surface area (Å²) in [6.07, 6.45) is -1.44. The maximum atomic E-state index is 13.1. The van der Waals surface area contributed by atoms with Gasteiger partial charge in [0, 0.05) is 18.2 Å². The molecule has 6 heteroatoms. The highest BCUT2D eigenvalue weighted by atomic mass is 16.6. The van der Waals surface area contributed by atoms with Gasteiger partial charge in [0.15, 0.2) is 0 Å². The summed E-state index contributed by atoms with van der Waals surface area (Å²) < 4.78 is 11.2. The third kappa shape index (κ3) is 5.39. The van der Waals surface area contributed by atoms with Crippen molar-refractivity contribution in [3.63, 3.8) is 0 Å². The number of hydrogen-bond acceptors (Lipinski definition) is 5. The Morgan fingerprint density at radius 1 is 0.824 bits per heavy atom. The lowest BCUT2D eigenvalue weighted by molar-refractivity contribution is 0.0224. The number of fused-ring (bicyclic) bond motifs is 3. The van der Waals surface area contributed by atoms with Gasteiger partial charge in [0.25, 0.3) is 0 Å². The summed E-state index contributed by atoms with van der Waals surface area (Å²) in [4.78, 5) is 26.9. The van der Waals surface area contributed by atoms with E-state index in [1.165, 1.54) is 0 Å². The van der Waals surface area contributed by atoms with Crippen molar-refractivity contribution in [1.29, 1.82) is 0 Å². The summed E-state index contributed by atoms with van der Waals surface area (Å²) in [5.74, 6) is -0.0840. The van der Waals surface area contributed by atoms with E-state index in [0.717, 1.165) is 32.8 Å². The first-order chi connectivity index (χ1) is 16.3. The van der Waals surface area contributed by atoms with E-state index in [4.69, 9.17) is 9.47 Å². The quantitative estimate of drug-likeness (QED) is 0.470. The van der Waals surface area contributed by atoms with Crippen molar-refractivity contribution >= 4 is 17.9 Å². The van der Waals surface area contributed by atoms with Crippen LogP contribution in [0.3, 0.4) is 0 Å². The number of carbonyl (C=O) groups is 2. The molecule has 3 aromatic carbocycles. The smallest absolute Gasteiger partial charge is 0.419 e. The van der Waals surface area contributed by atoms with E-state index in [1.54, 1.807) is 20.8 Å². The van der Waals surface area contributed by atoms with E-state index in [2.05, 4.69) is 29.6 Å². The Balaban J connectivity index is 1.46. The summed E-state index contributed by atoms with van der Waals surface area (Å²) in [5.41, 5.74) is 4.70. The third-order valence-corrected chi connectivity index (χ3v) is 5.61. The van der Waals surface area contributed by atoms with Gasteiger partial charge in [-0.1, -0.05) is 66.7 Å². The molecule has 3 aromatic rings. The molecule has 0 heterocycles. The highest BCUT2D eigenvalue weighted by molar-refractivity contribution is 5.88. The second-order valence-corrected chi connectivity index (χ2v) is 9.23.